The van der Waals surface area contributed by atoms with E-state index in [4.69, 9.17) is 4.74 Å². The van der Waals surface area contributed by atoms with Gasteiger partial charge in [-0.1, -0.05) is 30.3 Å². The first kappa shape index (κ1) is 19.3. The van der Waals surface area contributed by atoms with Crippen molar-refractivity contribution in [3.8, 4) is 5.75 Å². The highest BCUT2D eigenvalue weighted by atomic mass is 19.1. The molecule has 3 rings (SSSR count). The number of ether oxygens (including phenoxy) is 1. The number of hydrogen-bond donors (Lipinski definition) is 3. The Kier molecular flexibility index (Phi) is 7.19. The number of benzene rings is 2. The van der Waals surface area contributed by atoms with Crippen LogP contribution in [0, 0.1) is 5.82 Å². The van der Waals surface area contributed by atoms with E-state index < -0.39 is 0 Å². The van der Waals surface area contributed by atoms with Crippen LogP contribution in [0.3, 0.4) is 0 Å². The van der Waals surface area contributed by atoms with Crippen molar-refractivity contribution in [1.29, 1.82) is 0 Å². The van der Waals surface area contributed by atoms with Gasteiger partial charge in [-0.05, 0) is 29.8 Å². The zero-order chi connectivity index (χ0) is 18.9. The molecular formula is C21H28FN3O2+2. The molecule has 1 amide bonds. The number of carbonyl (C=O) groups is 1. The van der Waals surface area contributed by atoms with E-state index in [1.807, 2.05) is 30.3 Å². The molecule has 6 heteroatoms. The van der Waals surface area contributed by atoms with Gasteiger partial charge in [-0.25, -0.2) is 4.39 Å². The topological polar surface area (TPSA) is 47.2 Å². The summed E-state index contributed by atoms with van der Waals surface area (Å²) in [6.07, 6.45) is 0. The summed E-state index contributed by atoms with van der Waals surface area (Å²) in [5.41, 5.74) is 0.910. The van der Waals surface area contributed by atoms with Gasteiger partial charge in [0.25, 0.3) is 5.91 Å². The summed E-state index contributed by atoms with van der Waals surface area (Å²) < 4.78 is 18.7. The Balaban J connectivity index is 1.29. The molecule has 1 fully saturated rings. The monoisotopic (exact) mass is 373 g/mol. The SMILES string of the molecule is O=C(C[NH+]1CC[NH+](CCOc2ccccc2)CC1)NCc1ccc(F)cc1. The predicted octanol–water partition coefficient (Wildman–Crippen LogP) is -0.696. The highest BCUT2D eigenvalue weighted by Crippen LogP contribution is 2.07. The van der Waals surface area contributed by atoms with Gasteiger partial charge < -0.3 is 19.9 Å². The molecule has 1 aliphatic rings. The van der Waals surface area contributed by atoms with Crippen LogP contribution in [0.1, 0.15) is 5.56 Å². The third kappa shape index (κ3) is 6.66. The lowest BCUT2D eigenvalue weighted by atomic mass is 10.2. The molecule has 2 aromatic carbocycles. The molecule has 0 bridgehead atoms. The van der Waals surface area contributed by atoms with Crippen molar-refractivity contribution >= 4 is 5.91 Å². The van der Waals surface area contributed by atoms with Gasteiger partial charge >= 0.3 is 0 Å². The van der Waals surface area contributed by atoms with E-state index in [9.17, 15) is 9.18 Å². The maximum Gasteiger partial charge on any atom is 0.275 e. The second-order valence-corrected chi connectivity index (χ2v) is 6.99. The molecule has 0 radical (unpaired) electrons. The highest BCUT2D eigenvalue weighted by molar-refractivity contribution is 5.76. The van der Waals surface area contributed by atoms with Crippen LogP contribution in [0.5, 0.6) is 5.75 Å². The molecule has 27 heavy (non-hydrogen) atoms. The summed E-state index contributed by atoms with van der Waals surface area (Å²) in [6, 6.07) is 16.1. The molecule has 1 saturated heterocycles. The zero-order valence-corrected chi connectivity index (χ0v) is 15.5. The average molecular weight is 373 g/mol. The van der Waals surface area contributed by atoms with Crippen molar-refractivity contribution in [1.82, 2.24) is 5.32 Å². The quantitative estimate of drug-likeness (QED) is 0.573. The Morgan fingerprint density at radius 2 is 1.63 bits per heavy atom. The Bertz CT molecular complexity index is 701. The van der Waals surface area contributed by atoms with Crippen LogP contribution < -0.4 is 19.9 Å². The number of nitrogens with one attached hydrogen (secondary N) is 3. The molecule has 0 unspecified atom stereocenters. The first-order valence-corrected chi connectivity index (χ1v) is 9.55. The molecule has 2 aromatic rings. The number of piperazine rings is 1. The van der Waals surface area contributed by atoms with Gasteiger partial charge in [0.2, 0.25) is 0 Å². The third-order valence-corrected chi connectivity index (χ3v) is 4.95. The van der Waals surface area contributed by atoms with Crippen molar-refractivity contribution in [2.75, 3.05) is 45.9 Å². The summed E-state index contributed by atoms with van der Waals surface area (Å²) in [6.45, 7) is 6.73. The van der Waals surface area contributed by atoms with Crippen LogP contribution in [0.25, 0.3) is 0 Å². The minimum atomic E-state index is -0.260. The lowest BCUT2D eigenvalue weighted by Crippen LogP contribution is -3.28. The molecule has 144 valence electrons. The second kappa shape index (κ2) is 10.0. The maximum absolute atomic E-state index is 12.9. The molecule has 0 atom stereocenters. The third-order valence-electron chi connectivity index (χ3n) is 4.95. The Morgan fingerprint density at radius 3 is 2.33 bits per heavy atom. The largest absolute Gasteiger partial charge is 0.488 e. The van der Waals surface area contributed by atoms with Crippen molar-refractivity contribution in [2.45, 2.75) is 6.54 Å². The minimum Gasteiger partial charge on any atom is -0.488 e. The smallest absolute Gasteiger partial charge is 0.275 e. The molecule has 3 N–H and O–H groups in total. The summed E-state index contributed by atoms with van der Waals surface area (Å²) in [4.78, 5) is 15.0. The highest BCUT2D eigenvalue weighted by Gasteiger charge is 2.24. The first-order valence-electron chi connectivity index (χ1n) is 9.55. The van der Waals surface area contributed by atoms with Crippen LogP contribution in [-0.2, 0) is 11.3 Å². The van der Waals surface area contributed by atoms with Crippen LogP contribution >= 0.6 is 0 Å². The number of halogens is 1. The van der Waals surface area contributed by atoms with E-state index in [0.29, 0.717) is 19.7 Å². The number of quaternary nitrogens is 2. The number of carbonyl (C=O) groups excluding carboxylic acids is 1. The van der Waals surface area contributed by atoms with Crippen LogP contribution in [0.15, 0.2) is 54.6 Å². The first-order chi connectivity index (χ1) is 13.2. The summed E-state index contributed by atoms with van der Waals surface area (Å²) in [5, 5.41) is 2.92. The predicted molar refractivity (Wildman–Crippen MR) is 101 cm³/mol. The van der Waals surface area contributed by atoms with E-state index >= 15 is 0 Å². The number of rotatable bonds is 8. The number of amides is 1. The Hall–Kier alpha value is -2.44. The van der Waals surface area contributed by atoms with Crippen molar-refractivity contribution in [3.63, 3.8) is 0 Å². The fourth-order valence-electron chi connectivity index (χ4n) is 3.31. The van der Waals surface area contributed by atoms with Gasteiger partial charge in [-0.2, -0.15) is 0 Å². The molecular weight excluding hydrogens is 345 g/mol. The van der Waals surface area contributed by atoms with Crippen molar-refractivity contribution in [2.24, 2.45) is 0 Å². The van der Waals surface area contributed by atoms with E-state index in [1.54, 1.807) is 12.1 Å². The fourth-order valence-corrected chi connectivity index (χ4v) is 3.31. The molecule has 1 aliphatic heterocycles. The van der Waals surface area contributed by atoms with Crippen LogP contribution in [0.2, 0.25) is 0 Å². The van der Waals surface area contributed by atoms with E-state index in [2.05, 4.69) is 5.32 Å². The van der Waals surface area contributed by atoms with Crippen molar-refractivity contribution < 1.29 is 23.7 Å². The standard InChI is InChI=1S/C21H26FN3O2/c22-19-8-6-18(7-9-19)16-23-21(26)17-25-12-10-24(11-13-25)14-15-27-20-4-2-1-3-5-20/h1-9H,10-17H2,(H,23,26)/p+2. The second-order valence-electron chi connectivity index (χ2n) is 6.99. The summed E-state index contributed by atoms with van der Waals surface area (Å²) in [7, 11) is 0. The lowest BCUT2D eigenvalue weighted by molar-refractivity contribution is -1.01. The van der Waals surface area contributed by atoms with E-state index in [0.717, 1.165) is 44.0 Å². The molecule has 5 nitrogen and oxygen atoms in total. The van der Waals surface area contributed by atoms with Gasteiger partial charge in [-0.15, -0.1) is 0 Å². The maximum atomic E-state index is 12.9. The van der Waals surface area contributed by atoms with Gasteiger partial charge in [0.05, 0.1) is 0 Å². The number of para-hydroxylation sites is 1. The van der Waals surface area contributed by atoms with Crippen LogP contribution in [-0.4, -0.2) is 51.8 Å². The summed E-state index contributed by atoms with van der Waals surface area (Å²) >= 11 is 0. The van der Waals surface area contributed by atoms with Gasteiger partial charge in [0.1, 0.15) is 50.9 Å². The number of hydrogen-bond acceptors (Lipinski definition) is 2. The van der Waals surface area contributed by atoms with E-state index in [1.165, 1.54) is 21.9 Å². The minimum absolute atomic E-state index is 0.0465. The average Bonchev–Trinajstić information content (AvgIpc) is 2.70. The van der Waals surface area contributed by atoms with Crippen LogP contribution in [0.4, 0.5) is 4.39 Å². The normalized spacial score (nSPS) is 19.4. The van der Waals surface area contributed by atoms with Gasteiger partial charge in [0.15, 0.2) is 6.54 Å². The molecule has 0 spiro atoms. The molecule has 1 heterocycles. The molecule has 0 saturated carbocycles. The van der Waals surface area contributed by atoms with Crippen molar-refractivity contribution in [3.05, 3.63) is 66.0 Å². The zero-order valence-electron chi connectivity index (χ0n) is 15.5. The lowest BCUT2D eigenvalue weighted by Gasteiger charge is -2.29. The van der Waals surface area contributed by atoms with E-state index in [-0.39, 0.29) is 11.7 Å². The summed E-state index contributed by atoms with van der Waals surface area (Å²) in [5.74, 6) is 0.702. The Morgan fingerprint density at radius 1 is 0.963 bits per heavy atom. The Labute approximate surface area is 159 Å². The molecule has 0 aliphatic carbocycles. The van der Waals surface area contributed by atoms with Gasteiger partial charge in [0, 0.05) is 6.54 Å². The van der Waals surface area contributed by atoms with Gasteiger partial charge in [-0.3, -0.25) is 4.79 Å². The fraction of sp³-hybridized carbons (Fsp3) is 0.381. The molecule has 0 aromatic heterocycles.